The molecule has 0 amide bonds. The summed E-state index contributed by atoms with van der Waals surface area (Å²) in [6.07, 6.45) is 1.09. The van der Waals surface area contributed by atoms with Crippen molar-refractivity contribution in [2.24, 2.45) is 5.92 Å². The second-order valence-corrected chi connectivity index (χ2v) is 4.14. The van der Waals surface area contributed by atoms with E-state index in [0.29, 0.717) is 6.61 Å². The highest BCUT2D eigenvalue weighted by atomic mass is 16.5. The number of ether oxygens (including phenoxy) is 1. The summed E-state index contributed by atoms with van der Waals surface area (Å²) in [4.78, 5) is 11.1. The maximum absolute atomic E-state index is 11.1. The van der Waals surface area contributed by atoms with Gasteiger partial charge in [-0.15, -0.1) is 0 Å². The lowest BCUT2D eigenvalue weighted by Gasteiger charge is -2.23. The van der Waals surface area contributed by atoms with Crippen LogP contribution in [-0.2, 0) is 9.53 Å². The number of hydrogen-bond acceptors (Lipinski definition) is 3. The number of nitrogens with zero attached hydrogens (tertiary/aromatic N) is 1. The molecule has 0 bridgehead atoms. The van der Waals surface area contributed by atoms with Crippen LogP contribution >= 0.6 is 0 Å². The Hall–Kier alpha value is -0.900. The van der Waals surface area contributed by atoms with Gasteiger partial charge >= 0.3 is 5.97 Å². The highest BCUT2D eigenvalue weighted by Gasteiger charge is 2.13. The first kappa shape index (κ1) is 12.1. The van der Waals surface area contributed by atoms with Crippen LogP contribution in [0.15, 0.2) is 0 Å². The molecule has 0 saturated heterocycles. The zero-order chi connectivity index (χ0) is 10.5. The van der Waals surface area contributed by atoms with Gasteiger partial charge in [0.2, 0.25) is 0 Å². The molecular formula is C9H19N2O2+. The Kier molecular flexibility index (Phi) is 4.62. The zero-order valence-corrected chi connectivity index (χ0v) is 8.83. The minimum absolute atomic E-state index is 0.316. The van der Waals surface area contributed by atoms with E-state index in [0.717, 1.165) is 17.2 Å². The van der Waals surface area contributed by atoms with Gasteiger partial charge in [0.1, 0.15) is 13.2 Å². The Morgan fingerprint density at radius 2 is 2.08 bits per heavy atom. The predicted molar refractivity (Wildman–Crippen MR) is 51.8 cm³/mol. The van der Waals surface area contributed by atoms with Gasteiger partial charge < -0.3 is 14.6 Å². The standard InChI is InChI=1S/C9H19N2O2/c1-8(7-10)9(12)13-6-5-11(2,3)4/h7-8,10H,5-6H2,1-4H3/q+1. The Morgan fingerprint density at radius 3 is 2.46 bits per heavy atom. The molecule has 0 spiro atoms. The Labute approximate surface area is 79.6 Å². The molecule has 0 aliphatic heterocycles. The minimum atomic E-state index is -0.424. The highest BCUT2D eigenvalue weighted by molar-refractivity contribution is 5.88. The van der Waals surface area contributed by atoms with Crippen molar-refractivity contribution in [1.29, 1.82) is 5.41 Å². The van der Waals surface area contributed by atoms with Gasteiger partial charge in [-0.1, -0.05) is 0 Å². The average Bonchev–Trinajstić information content (AvgIpc) is 2.00. The van der Waals surface area contributed by atoms with Gasteiger partial charge in [-0.2, -0.15) is 0 Å². The van der Waals surface area contributed by atoms with Crippen LogP contribution in [0.4, 0.5) is 0 Å². The lowest BCUT2D eigenvalue weighted by atomic mass is 10.2. The van der Waals surface area contributed by atoms with Crippen LogP contribution < -0.4 is 0 Å². The minimum Gasteiger partial charge on any atom is -0.459 e. The van der Waals surface area contributed by atoms with E-state index in [2.05, 4.69) is 0 Å². The number of carbonyl (C=O) groups excluding carboxylic acids is 1. The number of carbonyl (C=O) groups is 1. The average molecular weight is 187 g/mol. The number of nitrogens with one attached hydrogen (secondary N) is 1. The molecular weight excluding hydrogens is 168 g/mol. The van der Waals surface area contributed by atoms with E-state index in [1.807, 2.05) is 21.1 Å². The molecule has 0 aliphatic carbocycles. The van der Waals surface area contributed by atoms with E-state index >= 15 is 0 Å². The molecule has 0 radical (unpaired) electrons. The Bertz CT molecular complexity index is 185. The summed E-state index contributed by atoms with van der Waals surface area (Å²) in [5.74, 6) is -0.740. The lowest BCUT2D eigenvalue weighted by molar-refractivity contribution is -0.870. The van der Waals surface area contributed by atoms with Crippen molar-refractivity contribution < 1.29 is 14.0 Å². The van der Waals surface area contributed by atoms with Crippen LogP contribution in [0.2, 0.25) is 0 Å². The lowest BCUT2D eigenvalue weighted by Crippen LogP contribution is -2.38. The first-order valence-corrected chi connectivity index (χ1v) is 4.34. The first-order valence-electron chi connectivity index (χ1n) is 4.34. The summed E-state index contributed by atoms with van der Waals surface area (Å²) < 4.78 is 5.73. The van der Waals surface area contributed by atoms with Crippen molar-refractivity contribution in [2.75, 3.05) is 34.3 Å². The summed E-state index contributed by atoms with van der Waals surface area (Å²) in [7, 11) is 6.11. The number of esters is 1. The zero-order valence-electron chi connectivity index (χ0n) is 8.83. The molecule has 4 nitrogen and oxygen atoms in total. The van der Waals surface area contributed by atoms with Gasteiger partial charge in [-0.05, 0) is 6.92 Å². The van der Waals surface area contributed by atoms with Crippen LogP contribution in [0.3, 0.4) is 0 Å². The third-order valence-electron chi connectivity index (χ3n) is 1.63. The van der Waals surface area contributed by atoms with Crippen molar-refractivity contribution >= 4 is 12.2 Å². The number of quaternary nitrogens is 1. The second kappa shape index (κ2) is 4.97. The fourth-order valence-electron chi connectivity index (χ4n) is 0.620. The third-order valence-corrected chi connectivity index (χ3v) is 1.63. The molecule has 1 N–H and O–H groups in total. The largest absolute Gasteiger partial charge is 0.459 e. The van der Waals surface area contributed by atoms with E-state index < -0.39 is 5.92 Å². The van der Waals surface area contributed by atoms with Crippen LogP contribution in [0, 0.1) is 11.3 Å². The van der Waals surface area contributed by atoms with Gasteiger partial charge in [0.15, 0.2) is 0 Å². The SMILES string of the molecule is CC(C=N)C(=O)OCC[N+](C)(C)C. The van der Waals surface area contributed by atoms with E-state index in [1.54, 1.807) is 6.92 Å². The quantitative estimate of drug-likeness (QED) is 0.387. The van der Waals surface area contributed by atoms with Crippen LogP contribution in [0.25, 0.3) is 0 Å². The summed E-state index contributed by atoms with van der Waals surface area (Å²) in [6, 6.07) is 0. The molecule has 0 heterocycles. The summed E-state index contributed by atoms with van der Waals surface area (Å²) in [6.45, 7) is 2.86. The molecule has 1 atom stereocenters. The molecule has 0 saturated carbocycles. The van der Waals surface area contributed by atoms with Gasteiger partial charge in [0, 0.05) is 6.21 Å². The van der Waals surface area contributed by atoms with Crippen molar-refractivity contribution in [1.82, 2.24) is 0 Å². The fraction of sp³-hybridized carbons (Fsp3) is 0.778. The fourth-order valence-corrected chi connectivity index (χ4v) is 0.620. The van der Waals surface area contributed by atoms with E-state index in [9.17, 15) is 4.79 Å². The van der Waals surface area contributed by atoms with E-state index in [1.165, 1.54) is 0 Å². The van der Waals surface area contributed by atoms with Gasteiger partial charge in [0.05, 0.1) is 27.1 Å². The molecule has 76 valence electrons. The van der Waals surface area contributed by atoms with Gasteiger partial charge in [-0.3, -0.25) is 4.79 Å². The van der Waals surface area contributed by atoms with Gasteiger partial charge in [0.25, 0.3) is 0 Å². The van der Waals surface area contributed by atoms with Crippen molar-refractivity contribution in [2.45, 2.75) is 6.92 Å². The van der Waals surface area contributed by atoms with Crippen LogP contribution in [0.5, 0.6) is 0 Å². The Balaban J connectivity index is 3.66. The molecule has 0 aromatic heterocycles. The maximum Gasteiger partial charge on any atom is 0.314 e. The summed E-state index contributed by atoms with van der Waals surface area (Å²) in [5, 5.41) is 6.87. The molecule has 0 aromatic rings. The molecule has 13 heavy (non-hydrogen) atoms. The molecule has 0 aromatic carbocycles. The molecule has 0 rings (SSSR count). The molecule has 1 unspecified atom stereocenters. The smallest absolute Gasteiger partial charge is 0.314 e. The number of hydrogen-bond donors (Lipinski definition) is 1. The Morgan fingerprint density at radius 1 is 1.54 bits per heavy atom. The molecule has 0 fully saturated rings. The normalized spacial score (nSPS) is 13.5. The highest BCUT2D eigenvalue weighted by Crippen LogP contribution is 1.96. The third kappa shape index (κ3) is 6.28. The van der Waals surface area contributed by atoms with Crippen molar-refractivity contribution in [3.63, 3.8) is 0 Å². The number of likely N-dealkylation sites (N-methyl/N-ethyl adjacent to an activating group) is 1. The molecule has 4 heteroatoms. The second-order valence-electron chi connectivity index (χ2n) is 4.14. The van der Waals surface area contributed by atoms with E-state index in [4.69, 9.17) is 10.1 Å². The maximum atomic E-state index is 11.1. The predicted octanol–water partition coefficient (Wildman–Crippen LogP) is 0.521. The number of rotatable bonds is 5. The summed E-state index contributed by atoms with van der Waals surface area (Å²) in [5.41, 5.74) is 0. The first-order chi connectivity index (χ1) is 5.87. The van der Waals surface area contributed by atoms with Gasteiger partial charge in [-0.25, -0.2) is 0 Å². The van der Waals surface area contributed by atoms with Crippen molar-refractivity contribution in [3.05, 3.63) is 0 Å². The van der Waals surface area contributed by atoms with Crippen molar-refractivity contribution in [3.8, 4) is 0 Å². The van der Waals surface area contributed by atoms with E-state index in [-0.39, 0.29) is 5.97 Å². The van der Waals surface area contributed by atoms with Crippen LogP contribution in [0.1, 0.15) is 6.92 Å². The summed E-state index contributed by atoms with van der Waals surface area (Å²) >= 11 is 0. The monoisotopic (exact) mass is 187 g/mol. The van der Waals surface area contributed by atoms with Crippen LogP contribution in [-0.4, -0.2) is 51.0 Å². The molecule has 0 aliphatic rings. The topological polar surface area (TPSA) is 50.2 Å².